The Bertz CT molecular complexity index is 561. The lowest BCUT2D eigenvalue weighted by Crippen LogP contribution is -2.34. The number of benzene rings is 1. The van der Waals surface area contributed by atoms with Gasteiger partial charge in [-0.1, -0.05) is 25.1 Å². The van der Waals surface area contributed by atoms with Gasteiger partial charge in [-0.15, -0.1) is 5.10 Å². The van der Waals surface area contributed by atoms with Crippen LogP contribution in [-0.2, 0) is 6.42 Å². The van der Waals surface area contributed by atoms with Crippen LogP contribution in [-0.4, -0.2) is 33.8 Å². The summed E-state index contributed by atoms with van der Waals surface area (Å²) in [5.74, 6) is 1.73. The highest BCUT2D eigenvalue weighted by Crippen LogP contribution is 2.46. The number of aromatic nitrogens is 4. The Hall–Kier alpha value is -1.75. The van der Waals surface area contributed by atoms with Gasteiger partial charge in [-0.05, 0) is 53.8 Å². The first kappa shape index (κ1) is 13.2. The Morgan fingerprint density at radius 2 is 2.05 bits per heavy atom. The second-order valence-corrected chi connectivity index (χ2v) is 5.98. The molecular weight excluding hydrogens is 250 g/mol. The molecule has 0 saturated heterocycles. The van der Waals surface area contributed by atoms with Crippen LogP contribution in [0, 0.1) is 11.3 Å². The third kappa shape index (κ3) is 2.58. The van der Waals surface area contributed by atoms with E-state index in [1.807, 2.05) is 42.1 Å². The Balaban J connectivity index is 1.86. The van der Waals surface area contributed by atoms with Gasteiger partial charge in [-0.25, -0.2) is 0 Å². The first-order valence-corrected chi connectivity index (χ1v) is 7.20. The molecular formula is C15H21N5. The predicted molar refractivity (Wildman–Crippen MR) is 77.6 cm³/mol. The summed E-state index contributed by atoms with van der Waals surface area (Å²) in [6.07, 6.45) is 3.55. The average molecular weight is 271 g/mol. The van der Waals surface area contributed by atoms with E-state index >= 15 is 0 Å². The molecule has 1 fully saturated rings. The van der Waals surface area contributed by atoms with Crippen LogP contribution in [0.5, 0.6) is 0 Å². The molecule has 20 heavy (non-hydrogen) atoms. The van der Waals surface area contributed by atoms with Crippen LogP contribution in [0.3, 0.4) is 0 Å². The molecule has 0 aliphatic heterocycles. The number of nitrogens with zero attached hydrogens (tertiary/aromatic N) is 4. The Labute approximate surface area is 119 Å². The van der Waals surface area contributed by atoms with E-state index in [-0.39, 0.29) is 5.41 Å². The van der Waals surface area contributed by atoms with Crippen molar-refractivity contribution in [2.45, 2.75) is 26.2 Å². The summed E-state index contributed by atoms with van der Waals surface area (Å²) in [6.45, 7) is 3.34. The Morgan fingerprint density at radius 1 is 1.30 bits per heavy atom. The zero-order valence-corrected chi connectivity index (χ0v) is 12.1. The van der Waals surface area contributed by atoms with Crippen molar-refractivity contribution >= 4 is 0 Å². The average Bonchev–Trinajstić information content (AvgIpc) is 3.22. The molecule has 1 aliphatic carbocycles. The summed E-state index contributed by atoms with van der Waals surface area (Å²) in [5.41, 5.74) is 1.26. The first-order chi connectivity index (χ1) is 9.73. The molecule has 0 radical (unpaired) electrons. The van der Waals surface area contributed by atoms with Crippen LogP contribution < -0.4 is 5.32 Å². The summed E-state index contributed by atoms with van der Waals surface area (Å²) in [4.78, 5) is 0. The molecule has 0 amide bonds. The molecule has 5 nitrogen and oxygen atoms in total. The largest absolute Gasteiger partial charge is 0.319 e. The monoisotopic (exact) mass is 271 g/mol. The van der Waals surface area contributed by atoms with Crippen LogP contribution in [0.4, 0.5) is 0 Å². The van der Waals surface area contributed by atoms with Crippen molar-refractivity contribution < 1.29 is 0 Å². The summed E-state index contributed by atoms with van der Waals surface area (Å²) in [5, 5.41) is 15.6. The molecule has 1 heterocycles. The van der Waals surface area contributed by atoms with Gasteiger partial charge in [0.25, 0.3) is 0 Å². The summed E-state index contributed by atoms with van der Waals surface area (Å²) >= 11 is 0. The normalized spacial score (nSPS) is 17.9. The maximum atomic E-state index is 4.24. The van der Waals surface area contributed by atoms with Gasteiger partial charge in [0, 0.05) is 13.0 Å². The Kier molecular flexibility index (Phi) is 3.53. The molecule has 1 N–H and O–H groups in total. The molecule has 5 heteroatoms. The van der Waals surface area contributed by atoms with Crippen molar-refractivity contribution in [2.24, 2.45) is 11.3 Å². The van der Waals surface area contributed by atoms with Crippen molar-refractivity contribution in [1.29, 1.82) is 0 Å². The maximum absolute atomic E-state index is 4.24. The number of hydrogen-bond acceptors (Lipinski definition) is 4. The molecule has 1 aliphatic rings. The molecule has 3 rings (SSSR count). The minimum atomic E-state index is 0.232. The van der Waals surface area contributed by atoms with Gasteiger partial charge in [0.1, 0.15) is 0 Å². The lowest BCUT2D eigenvalue weighted by Gasteiger charge is -2.28. The predicted octanol–water partition coefficient (Wildman–Crippen LogP) is 1.84. The molecule has 2 aromatic rings. The third-order valence-corrected chi connectivity index (χ3v) is 4.24. The zero-order chi connectivity index (χ0) is 14.0. The van der Waals surface area contributed by atoms with Gasteiger partial charge in [-0.3, -0.25) is 0 Å². The van der Waals surface area contributed by atoms with Crippen molar-refractivity contribution in [3.63, 3.8) is 0 Å². The highest BCUT2D eigenvalue weighted by molar-refractivity contribution is 5.30. The van der Waals surface area contributed by atoms with E-state index in [0.29, 0.717) is 0 Å². The van der Waals surface area contributed by atoms with E-state index in [0.717, 1.165) is 30.4 Å². The van der Waals surface area contributed by atoms with Crippen LogP contribution >= 0.6 is 0 Å². The van der Waals surface area contributed by atoms with E-state index in [9.17, 15) is 0 Å². The van der Waals surface area contributed by atoms with E-state index in [2.05, 4.69) is 27.8 Å². The van der Waals surface area contributed by atoms with Crippen LogP contribution in [0.15, 0.2) is 30.3 Å². The molecule has 0 bridgehead atoms. The van der Waals surface area contributed by atoms with E-state index in [4.69, 9.17) is 0 Å². The minimum absolute atomic E-state index is 0.232. The number of rotatable bonds is 6. The SMILES string of the molecule is CNCC(C)(Cc1nnnn1-c1ccccc1)C1CC1. The second kappa shape index (κ2) is 5.32. The number of nitrogens with one attached hydrogen (secondary N) is 1. The van der Waals surface area contributed by atoms with E-state index in [1.54, 1.807) is 0 Å². The highest BCUT2D eigenvalue weighted by Gasteiger charge is 2.42. The summed E-state index contributed by atoms with van der Waals surface area (Å²) in [7, 11) is 2.01. The number of hydrogen-bond donors (Lipinski definition) is 1. The smallest absolute Gasteiger partial charge is 0.157 e. The van der Waals surface area contributed by atoms with Crippen LogP contribution in [0.25, 0.3) is 5.69 Å². The molecule has 1 aromatic carbocycles. The first-order valence-electron chi connectivity index (χ1n) is 7.20. The van der Waals surface area contributed by atoms with E-state index < -0.39 is 0 Å². The molecule has 106 valence electrons. The molecule has 1 saturated carbocycles. The molecule has 1 unspecified atom stereocenters. The zero-order valence-electron chi connectivity index (χ0n) is 12.1. The van der Waals surface area contributed by atoms with Crippen LogP contribution in [0.2, 0.25) is 0 Å². The third-order valence-electron chi connectivity index (χ3n) is 4.24. The lowest BCUT2D eigenvalue weighted by molar-refractivity contribution is 0.255. The quantitative estimate of drug-likeness (QED) is 0.871. The fourth-order valence-corrected chi connectivity index (χ4v) is 2.98. The fraction of sp³-hybridized carbons (Fsp3) is 0.533. The molecule has 1 atom stereocenters. The van der Waals surface area contributed by atoms with E-state index in [1.165, 1.54) is 12.8 Å². The van der Waals surface area contributed by atoms with Crippen molar-refractivity contribution in [3.8, 4) is 5.69 Å². The topological polar surface area (TPSA) is 55.6 Å². The fourth-order valence-electron chi connectivity index (χ4n) is 2.98. The van der Waals surface area contributed by atoms with Crippen molar-refractivity contribution in [1.82, 2.24) is 25.5 Å². The van der Waals surface area contributed by atoms with Gasteiger partial charge >= 0.3 is 0 Å². The van der Waals surface area contributed by atoms with Crippen molar-refractivity contribution in [2.75, 3.05) is 13.6 Å². The second-order valence-electron chi connectivity index (χ2n) is 5.98. The molecule has 0 spiro atoms. The minimum Gasteiger partial charge on any atom is -0.319 e. The van der Waals surface area contributed by atoms with Gasteiger partial charge in [0.2, 0.25) is 0 Å². The summed E-state index contributed by atoms with van der Waals surface area (Å²) in [6, 6.07) is 10.1. The summed E-state index contributed by atoms with van der Waals surface area (Å²) < 4.78 is 1.86. The number of para-hydroxylation sites is 1. The standard InChI is InChI=1S/C15H21N5/c1-15(11-16-2,12-8-9-12)10-14-17-18-19-20(14)13-6-4-3-5-7-13/h3-7,12,16H,8-11H2,1-2H3. The van der Waals surface area contributed by atoms with Crippen molar-refractivity contribution in [3.05, 3.63) is 36.2 Å². The molecule has 1 aromatic heterocycles. The Morgan fingerprint density at radius 3 is 2.70 bits per heavy atom. The lowest BCUT2D eigenvalue weighted by atomic mass is 9.81. The van der Waals surface area contributed by atoms with Gasteiger partial charge in [0.15, 0.2) is 5.82 Å². The van der Waals surface area contributed by atoms with Gasteiger partial charge in [0.05, 0.1) is 5.69 Å². The van der Waals surface area contributed by atoms with Gasteiger partial charge in [-0.2, -0.15) is 4.68 Å². The highest BCUT2D eigenvalue weighted by atomic mass is 15.5. The van der Waals surface area contributed by atoms with Crippen LogP contribution in [0.1, 0.15) is 25.6 Å². The maximum Gasteiger partial charge on any atom is 0.157 e. The van der Waals surface area contributed by atoms with Gasteiger partial charge < -0.3 is 5.32 Å². The number of tetrazole rings is 1.